The van der Waals surface area contributed by atoms with E-state index in [9.17, 15) is 9.18 Å². The normalized spacial score (nSPS) is 11.2. The molecule has 0 atom stereocenters. The number of anilines is 1. The van der Waals surface area contributed by atoms with Crippen molar-refractivity contribution >= 4 is 11.6 Å². The summed E-state index contributed by atoms with van der Waals surface area (Å²) >= 11 is 0. The Balaban J connectivity index is 2.59. The van der Waals surface area contributed by atoms with Crippen LogP contribution in [-0.4, -0.2) is 25.1 Å². The molecule has 0 aliphatic rings. The number of methoxy groups -OCH3 is 1. The molecular formula is C13H19FN2O2. The van der Waals surface area contributed by atoms with Crippen LogP contribution in [0.2, 0.25) is 0 Å². The Morgan fingerprint density at radius 2 is 2.06 bits per heavy atom. The zero-order chi connectivity index (χ0) is 13.8. The minimum atomic E-state index is -0.455. The van der Waals surface area contributed by atoms with Crippen molar-refractivity contribution in [3.8, 4) is 5.75 Å². The van der Waals surface area contributed by atoms with Gasteiger partial charge >= 0.3 is 0 Å². The van der Waals surface area contributed by atoms with E-state index in [2.05, 4.69) is 10.6 Å². The second kappa shape index (κ2) is 5.82. The quantitative estimate of drug-likeness (QED) is 0.865. The van der Waals surface area contributed by atoms with Crippen molar-refractivity contribution in [2.45, 2.75) is 26.3 Å². The van der Waals surface area contributed by atoms with E-state index in [0.717, 1.165) is 0 Å². The second-order valence-corrected chi connectivity index (χ2v) is 5.00. The second-order valence-electron chi connectivity index (χ2n) is 5.00. The van der Waals surface area contributed by atoms with Crippen molar-refractivity contribution in [2.24, 2.45) is 0 Å². The number of rotatable bonds is 4. The highest BCUT2D eigenvalue weighted by Gasteiger charge is 2.12. The van der Waals surface area contributed by atoms with Gasteiger partial charge in [-0.25, -0.2) is 4.39 Å². The number of carbonyl (C=O) groups excluding carboxylic acids is 1. The summed E-state index contributed by atoms with van der Waals surface area (Å²) < 4.78 is 18.0. The molecule has 5 heteroatoms. The van der Waals surface area contributed by atoms with Gasteiger partial charge in [-0.2, -0.15) is 0 Å². The highest BCUT2D eigenvalue weighted by atomic mass is 19.1. The van der Waals surface area contributed by atoms with E-state index in [1.165, 1.54) is 25.3 Å². The van der Waals surface area contributed by atoms with Gasteiger partial charge in [0.05, 0.1) is 13.7 Å². The van der Waals surface area contributed by atoms with Crippen molar-refractivity contribution in [1.82, 2.24) is 5.32 Å². The fraction of sp³-hybridized carbons (Fsp3) is 0.462. The average molecular weight is 254 g/mol. The molecule has 1 amide bonds. The molecule has 0 saturated carbocycles. The Kier molecular flexibility index (Phi) is 4.67. The lowest BCUT2D eigenvalue weighted by Gasteiger charge is -2.20. The minimum absolute atomic E-state index is 0.108. The third-order valence-electron chi connectivity index (χ3n) is 2.21. The molecule has 18 heavy (non-hydrogen) atoms. The smallest absolute Gasteiger partial charge is 0.238 e. The monoisotopic (exact) mass is 254 g/mol. The maximum absolute atomic E-state index is 13.2. The molecular weight excluding hydrogens is 235 g/mol. The lowest BCUT2D eigenvalue weighted by molar-refractivity contribution is -0.115. The molecule has 4 nitrogen and oxygen atoms in total. The van der Waals surface area contributed by atoms with Gasteiger partial charge in [-0.1, -0.05) is 0 Å². The predicted molar refractivity (Wildman–Crippen MR) is 69.3 cm³/mol. The number of ether oxygens (including phenoxy) is 1. The van der Waals surface area contributed by atoms with E-state index in [0.29, 0.717) is 5.69 Å². The van der Waals surface area contributed by atoms with Gasteiger partial charge in [-0.05, 0) is 32.9 Å². The molecule has 2 N–H and O–H groups in total. The van der Waals surface area contributed by atoms with Gasteiger partial charge < -0.3 is 15.4 Å². The van der Waals surface area contributed by atoms with Gasteiger partial charge in [0.15, 0.2) is 11.6 Å². The Morgan fingerprint density at radius 1 is 1.39 bits per heavy atom. The first-order valence-electron chi connectivity index (χ1n) is 5.70. The highest BCUT2D eigenvalue weighted by molar-refractivity contribution is 5.92. The van der Waals surface area contributed by atoms with Gasteiger partial charge in [-0.3, -0.25) is 4.79 Å². The van der Waals surface area contributed by atoms with Crippen LogP contribution in [0.3, 0.4) is 0 Å². The molecule has 1 aromatic carbocycles. The Bertz CT molecular complexity index is 427. The molecule has 0 spiro atoms. The highest BCUT2D eigenvalue weighted by Crippen LogP contribution is 2.21. The maximum atomic E-state index is 13.2. The molecule has 0 saturated heterocycles. The molecule has 0 unspecified atom stereocenters. The lowest BCUT2D eigenvalue weighted by Crippen LogP contribution is -2.41. The first-order chi connectivity index (χ1) is 8.31. The first kappa shape index (κ1) is 14.4. The standard InChI is InChI=1S/C13H19FN2O2/c1-13(2,3)15-8-12(17)16-9-5-6-10(14)11(7-9)18-4/h5-7,15H,8H2,1-4H3,(H,16,17). The van der Waals surface area contributed by atoms with E-state index < -0.39 is 5.82 Å². The SMILES string of the molecule is COc1cc(NC(=O)CNC(C)(C)C)ccc1F. The van der Waals surface area contributed by atoms with Crippen LogP contribution in [0.1, 0.15) is 20.8 Å². The summed E-state index contributed by atoms with van der Waals surface area (Å²) in [4.78, 5) is 11.6. The molecule has 0 bridgehead atoms. The van der Waals surface area contributed by atoms with Crippen LogP contribution in [-0.2, 0) is 4.79 Å². The third kappa shape index (κ3) is 4.71. The summed E-state index contributed by atoms with van der Waals surface area (Å²) in [6.45, 7) is 6.12. The summed E-state index contributed by atoms with van der Waals surface area (Å²) in [6.07, 6.45) is 0. The van der Waals surface area contributed by atoms with Crippen LogP contribution in [0.5, 0.6) is 5.75 Å². The van der Waals surface area contributed by atoms with E-state index in [4.69, 9.17) is 4.74 Å². The van der Waals surface area contributed by atoms with Crippen molar-refractivity contribution < 1.29 is 13.9 Å². The van der Waals surface area contributed by atoms with Gasteiger partial charge in [0.25, 0.3) is 0 Å². The van der Waals surface area contributed by atoms with E-state index >= 15 is 0 Å². The summed E-state index contributed by atoms with van der Waals surface area (Å²) in [5.74, 6) is -0.529. The van der Waals surface area contributed by atoms with Crippen molar-refractivity contribution in [2.75, 3.05) is 19.0 Å². The fourth-order valence-corrected chi connectivity index (χ4v) is 1.29. The van der Waals surface area contributed by atoms with Crippen LogP contribution in [0.15, 0.2) is 18.2 Å². The molecule has 0 fully saturated rings. The largest absolute Gasteiger partial charge is 0.494 e. The van der Waals surface area contributed by atoms with Crippen LogP contribution in [0.4, 0.5) is 10.1 Å². The number of halogens is 1. The number of hydrogen-bond acceptors (Lipinski definition) is 3. The number of benzene rings is 1. The molecule has 1 aromatic rings. The van der Waals surface area contributed by atoms with Gasteiger partial charge in [0, 0.05) is 17.3 Å². The van der Waals surface area contributed by atoms with Crippen LogP contribution in [0, 0.1) is 5.82 Å². The number of nitrogens with one attached hydrogen (secondary N) is 2. The van der Waals surface area contributed by atoms with Gasteiger partial charge in [0.2, 0.25) is 5.91 Å². The first-order valence-corrected chi connectivity index (χ1v) is 5.70. The topological polar surface area (TPSA) is 50.4 Å². The van der Waals surface area contributed by atoms with Crippen LogP contribution < -0.4 is 15.4 Å². The van der Waals surface area contributed by atoms with E-state index in [1.54, 1.807) is 0 Å². The van der Waals surface area contributed by atoms with Crippen molar-refractivity contribution in [3.05, 3.63) is 24.0 Å². The van der Waals surface area contributed by atoms with Crippen LogP contribution in [0.25, 0.3) is 0 Å². The molecule has 1 rings (SSSR count). The Labute approximate surface area is 107 Å². The maximum Gasteiger partial charge on any atom is 0.238 e. The lowest BCUT2D eigenvalue weighted by atomic mass is 10.1. The number of carbonyl (C=O) groups is 1. The van der Waals surface area contributed by atoms with Gasteiger partial charge in [-0.15, -0.1) is 0 Å². The Morgan fingerprint density at radius 3 is 2.61 bits per heavy atom. The number of hydrogen-bond donors (Lipinski definition) is 2. The molecule has 0 aliphatic carbocycles. The summed E-state index contributed by atoms with van der Waals surface area (Å²) in [5.41, 5.74) is 0.381. The third-order valence-corrected chi connectivity index (χ3v) is 2.21. The molecule has 0 radical (unpaired) electrons. The molecule has 100 valence electrons. The van der Waals surface area contributed by atoms with Gasteiger partial charge in [0.1, 0.15) is 0 Å². The van der Waals surface area contributed by atoms with E-state index in [1.807, 2.05) is 20.8 Å². The Hall–Kier alpha value is -1.62. The molecule has 0 aliphatic heterocycles. The van der Waals surface area contributed by atoms with Crippen LogP contribution >= 0.6 is 0 Å². The van der Waals surface area contributed by atoms with E-state index in [-0.39, 0.29) is 23.7 Å². The molecule has 0 heterocycles. The zero-order valence-electron chi connectivity index (χ0n) is 11.1. The average Bonchev–Trinajstić information content (AvgIpc) is 2.28. The summed E-state index contributed by atoms with van der Waals surface area (Å²) in [7, 11) is 1.38. The summed E-state index contributed by atoms with van der Waals surface area (Å²) in [6, 6.07) is 4.20. The van der Waals surface area contributed by atoms with Crippen molar-refractivity contribution in [3.63, 3.8) is 0 Å². The van der Waals surface area contributed by atoms with Crippen molar-refractivity contribution in [1.29, 1.82) is 0 Å². The summed E-state index contributed by atoms with van der Waals surface area (Å²) in [5, 5.41) is 5.73. The zero-order valence-corrected chi connectivity index (χ0v) is 11.1. The minimum Gasteiger partial charge on any atom is -0.494 e. The fourth-order valence-electron chi connectivity index (χ4n) is 1.29. The predicted octanol–water partition coefficient (Wildman–Crippen LogP) is 2.16. The molecule has 0 aromatic heterocycles. The number of amides is 1.